The monoisotopic (exact) mass is 817 g/mol. The Bertz CT molecular complexity index is 1980. The zero-order chi connectivity index (χ0) is 42.0. The molecule has 14 nitrogen and oxygen atoms in total. The van der Waals surface area contributed by atoms with Crippen LogP contribution in [0.2, 0.25) is 0 Å². The summed E-state index contributed by atoms with van der Waals surface area (Å²) in [5.74, 6) is -12.9. The lowest BCUT2D eigenvalue weighted by molar-refractivity contribution is -0.265. The number of ketones is 2. The highest BCUT2D eigenvalue weighted by atomic mass is 19.4. The van der Waals surface area contributed by atoms with Gasteiger partial charge in [0, 0.05) is 36.0 Å². The number of amides is 1. The van der Waals surface area contributed by atoms with Crippen molar-refractivity contribution in [1.82, 2.24) is 5.32 Å². The minimum atomic E-state index is -5.66. The third-order valence-corrected chi connectivity index (χ3v) is 9.41. The summed E-state index contributed by atoms with van der Waals surface area (Å²) < 4.78 is 144. The molecule has 5 unspecified atom stereocenters. The van der Waals surface area contributed by atoms with Crippen molar-refractivity contribution in [3.63, 3.8) is 0 Å². The number of carbonyl (C=O) groups excluding carboxylic acids is 5. The number of aromatic hydroxyl groups is 2. The molecule has 0 aromatic heterocycles. The number of benzene rings is 2. The van der Waals surface area contributed by atoms with Gasteiger partial charge in [-0.25, -0.2) is 9.59 Å². The molecule has 5 rings (SSSR count). The SMILES string of the molecule is COc1cccc2c1C(=O)c1c(O)c3c(c(O)c1C2=O)C[C@@](O)(C(C)OC(=O)C(F)(F)F)C[C@@H]3OC1CC(NC(=O)C(F)(F)F)C(OC(=O)C(F)(F)F)C(C)O1. The maximum Gasteiger partial charge on any atom is 0.490 e. The molecular weight excluding hydrogens is 789 g/mol. The van der Waals surface area contributed by atoms with Crippen molar-refractivity contribution in [3.05, 3.63) is 51.6 Å². The van der Waals surface area contributed by atoms with E-state index in [0.29, 0.717) is 0 Å². The minimum Gasteiger partial charge on any atom is -0.507 e. The number of hydrogen-bond acceptors (Lipinski definition) is 13. The van der Waals surface area contributed by atoms with Gasteiger partial charge in [-0.05, 0) is 19.9 Å². The van der Waals surface area contributed by atoms with Gasteiger partial charge in [0.15, 0.2) is 12.1 Å². The number of ether oxygens (including phenoxy) is 5. The van der Waals surface area contributed by atoms with Crippen molar-refractivity contribution >= 4 is 29.4 Å². The molecule has 1 fully saturated rings. The number of nitrogens with one attached hydrogen (secondary N) is 1. The molecule has 23 heteroatoms. The standard InChI is InChI=1S/C33H28F9NO13/c1-10-26(56-29(50)33(40,41)42)14(43-27(48)31(34,35)36)7-17(53-10)55-16-9-30(51,11(2)54-28(49)32(37,38)39)8-13-19(16)25(47)21-20(23(13)45)22(44)12-5-4-6-15(52-3)18(12)24(21)46/h4-6,10-11,14,16-17,26,45,47,51H,7-9H2,1-3H3,(H,43,48)/t10?,11?,14?,16-,17?,26?,30-/m0/s1. The molecule has 1 aliphatic heterocycles. The number of halogens is 9. The van der Waals surface area contributed by atoms with Gasteiger partial charge in [0.1, 0.15) is 35.1 Å². The van der Waals surface area contributed by atoms with E-state index in [1.807, 2.05) is 0 Å². The number of phenols is 2. The number of carbonyl (C=O) groups is 5. The summed E-state index contributed by atoms with van der Waals surface area (Å²) in [6.45, 7) is 1.69. The number of hydrogen-bond donors (Lipinski definition) is 4. The highest BCUT2D eigenvalue weighted by molar-refractivity contribution is 6.31. The Labute approximate surface area is 307 Å². The number of aliphatic hydroxyl groups is 1. The Balaban J connectivity index is 1.62. The molecule has 2 aliphatic carbocycles. The summed E-state index contributed by atoms with van der Waals surface area (Å²) >= 11 is 0. The lowest BCUT2D eigenvalue weighted by Gasteiger charge is -2.45. The van der Waals surface area contributed by atoms with Gasteiger partial charge in [-0.2, -0.15) is 39.5 Å². The lowest BCUT2D eigenvalue weighted by Crippen LogP contribution is -2.59. The second-order valence-corrected chi connectivity index (χ2v) is 13.0. The first-order chi connectivity index (χ1) is 25.7. The van der Waals surface area contributed by atoms with E-state index in [2.05, 4.69) is 9.47 Å². The van der Waals surface area contributed by atoms with Crippen molar-refractivity contribution in [1.29, 1.82) is 0 Å². The van der Waals surface area contributed by atoms with Gasteiger partial charge in [-0.3, -0.25) is 14.4 Å². The molecule has 3 aliphatic rings. The maximum absolute atomic E-state index is 13.9. The predicted molar refractivity (Wildman–Crippen MR) is 161 cm³/mol. The minimum absolute atomic E-state index is 0.150. The van der Waals surface area contributed by atoms with Crippen LogP contribution in [0.4, 0.5) is 39.5 Å². The first kappa shape index (κ1) is 42.0. The van der Waals surface area contributed by atoms with Gasteiger partial charge >= 0.3 is 36.4 Å². The summed E-state index contributed by atoms with van der Waals surface area (Å²) in [6.07, 6.45) is -30.2. The summed E-state index contributed by atoms with van der Waals surface area (Å²) in [5.41, 5.74) is -6.35. The van der Waals surface area contributed by atoms with Gasteiger partial charge < -0.3 is 44.3 Å². The highest BCUT2D eigenvalue weighted by Crippen LogP contribution is 2.53. The zero-order valence-electron chi connectivity index (χ0n) is 28.6. The van der Waals surface area contributed by atoms with E-state index in [0.717, 1.165) is 21.0 Å². The smallest absolute Gasteiger partial charge is 0.490 e. The molecule has 0 radical (unpaired) electrons. The van der Waals surface area contributed by atoms with Crippen LogP contribution in [0.25, 0.3) is 0 Å². The molecule has 4 N–H and O–H groups in total. The molecule has 1 saturated heterocycles. The van der Waals surface area contributed by atoms with Crippen LogP contribution in [-0.4, -0.2) is 107 Å². The van der Waals surface area contributed by atoms with Crippen molar-refractivity contribution in [2.75, 3.05) is 7.11 Å². The summed E-state index contributed by atoms with van der Waals surface area (Å²) in [6, 6.07) is 1.61. The van der Waals surface area contributed by atoms with Crippen LogP contribution in [-0.2, 0) is 39.8 Å². The number of methoxy groups -OCH3 is 1. The van der Waals surface area contributed by atoms with Crippen LogP contribution in [0.3, 0.4) is 0 Å². The number of rotatable bonds is 7. The predicted octanol–water partition coefficient (Wildman–Crippen LogP) is 3.77. The van der Waals surface area contributed by atoms with E-state index < -0.39 is 143 Å². The maximum atomic E-state index is 13.9. The fourth-order valence-corrected chi connectivity index (χ4v) is 6.78. The fraction of sp³-hybridized carbons (Fsp3) is 0.485. The van der Waals surface area contributed by atoms with Gasteiger partial charge in [0.25, 0.3) is 0 Å². The number of phenolic OH excluding ortho intramolecular Hbond substituents is 2. The average molecular weight is 818 g/mol. The topological polar surface area (TPSA) is 204 Å². The third-order valence-electron chi connectivity index (χ3n) is 9.41. The van der Waals surface area contributed by atoms with Crippen molar-refractivity contribution in [2.24, 2.45) is 0 Å². The summed E-state index contributed by atoms with van der Waals surface area (Å²) in [5, 5.41) is 36.3. The molecule has 1 amide bonds. The van der Waals surface area contributed by atoms with E-state index in [-0.39, 0.29) is 16.9 Å². The Morgan fingerprint density at radius 3 is 2.09 bits per heavy atom. The van der Waals surface area contributed by atoms with E-state index in [9.17, 15) is 78.8 Å². The quantitative estimate of drug-likeness (QED) is 0.153. The number of fused-ring (bicyclic) bond motifs is 3. The van der Waals surface area contributed by atoms with Crippen LogP contribution >= 0.6 is 0 Å². The molecule has 0 saturated carbocycles. The van der Waals surface area contributed by atoms with Crippen LogP contribution in [0.15, 0.2) is 18.2 Å². The van der Waals surface area contributed by atoms with E-state index in [4.69, 9.17) is 14.2 Å². The van der Waals surface area contributed by atoms with E-state index in [1.165, 1.54) is 23.5 Å². The molecule has 306 valence electrons. The van der Waals surface area contributed by atoms with Crippen LogP contribution in [0.1, 0.15) is 75.8 Å². The molecule has 0 bridgehead atoms. The molecule has 2 aromatic carbocycles. The molecule has 7 atom stereocenters. The van der Waals surface area contributed by atoms with Crippen LogP contribution < -0.4 is 10.1 Å². The molecule has 56 heavy (non-hydrogen) atoms. The first-order valence-electron chi connectivity index (χ1n) is 16.0. The fourth-order valence-electron chi connectivity index (χ4n) is 6.78. The van der Waals surface area contributed by atoms with E-state index >= 15 is 0 Å². The highest BCUT2D eigenvalue weighted by Gasteiger charge is 2.54. The largest absolute Gasteiger partial charge is 0.507 e. The van der Waals surface area contributed by atoms with Crippen LogP contribution in [0.5, 0.6) is 17.2 Å². The van der Waals surface area contributed by atoms with Crippen molar-refractivity contribution in [2.45, 2.75) is 94.0 Å². The Morgan fingerprint density at radius 2 is 1.52 bits per heavy atom. The van der Waals surface area contributed by atoms with Crippen molar-refractivity contribution in [3.8, 4) is 17.2 Å². The summed E-state index contributed by atoms with van der Waals surface area (Å²) in [7, 11) is 1.15. The molecule has 0 spiro atoms. The van der Waals surface area contributed by atoms with Gasteiger partial charge in [0.05, 0.1) is 42.0 Å². The third kappa shape index (κ3) is 7.65. The second-order valence-electron chi connectivity index (χ2n) is 13.0. The summed E-state index contributed by atoms with van der Waals surface area (Å²) in [4.78, 5) is 62.9. The lowest BCUT2D eigenvalue weighted by atomic mass is 9.71. The number of alkyl halides is 9. The van der Waals surface area contributed by atoms with Crippen LogP contribution in [0, 0.1) is 0 Å². The zero-order valence-corrected chi connectivity index (χ0v) is 28.6. The first-order valence-corrected chi connectivity index (χ1v) is 16.0. The molecular formula is C33H28F9NO13. The van der Waals surface area contributed by atoms with Gasteiger partial charge in [-0.15, -0.1) is 0 Å². The molecule has 2 aromatic rings. The normalized spacial score (nSPS) is 25.6. The van der Waals surface area contributed by atoms with Crippen molar-refractivity contribution < 1.29 is 102 Å². The molecule has 1 heterocycles. The number of esters is 2. The second kappa shape index (κ2) is 14.4. The van der Waals surface area contributed by atoms with Gasteiger partial charge in [0.2, 0.25) is 5.78 Å². The average Bonchev–Trinajstić information content (AvgIpc) is 3.08. The Kier molecular flexibility index (Phi) is 10.8. The van der Waals surface area contributed by atoms with Gasteiger partial charge in [-0.1, -0.05) is 12.1 Å². The van der Waals surface area contributed by atoms with E-state index in [1.54, 1.807) is 0 Å². The Hall–Kier alpha value is -5.16. The Morgan fingerprint density at radius 1 is 0.911 bits per heavy atom.